The van der Waals surface area contributed by atoms with Gasteiger partial charge < -0.3 is 0 Å². The van der Waals surface area contributed by atoms with Crippen molar-refractivity contribution in [2.45, 2.75) is 25.8 Å². The van der Waals surface area contributed by atoms with Crippen LogP contribution in [-0.4, -0.2) is 0 Å². The molecule has 0 radical (unpaired) electrons. The molecule has 0 aliphatic heterocycles. The highest BCUT2D eigenvalue weighted by atomic mass is 79.9. The number of halogens is 1. The van der Waals surface area contributed by atoms with Crippen LogP contribution in [0.1, 0.15) is 27.6 Å². The summed E-state index contributed by atoms with van der Waals surface area (Å²) >= 11 is 7.16. The van der Waals surface area contributed by atoms with Crippen molar-refractivity contribution in [1.29, 1.82) is 0 Å². The molecule has 0 saturated heterocycles. The molecule has 0 aliphatic rings. The van der Waals surface area contributed by atoms with Gasteiger partial charge in [-0.2, -0.15) is 0 Å². The maximum atomic E-state index is 5.66. The second kappa shape index (κ2) is 6.11. The maximum Gasteiger partial charge on any atom is 0.0612 e. The summed E-state index contributed by atoms with van der Waals surface area (Å²) in [4.78, 5) is 4.07. The van der Waals surface area contributed by atoms with Crippen molar-refractivity contribution in [3.63, 3.8) is 0 Å². The molecule has 2 aromatic rings. The first kappa shape index (κ1) is 13.2. The van der Waals surface area contributed by atoms with Gasteiger partial charge in [0.25, 0.3) is 0 Å². The van der Waals surface area contributed by atoms with Crippen LogP contribution in [0, 0.1) is 0 Å². The summed E-state index contributed by atoms with van der Waals surface area (Å²) in [5.41, 5.74) is 2.91. The zero-order valence-electron chi connectivity index (χ0n) is 9.57. The quantitative estimate of drug-likeness (QED) is 0.644. The van der Waals surface area contributed by atoms with Gasteiger partial charge in [-0.3, -0.25) is 11.3 Å². The predicted molar refractivity (Wildman–Crippen MR) is 79.5 cm³/mol. The summed E-state index contributed by atoms with van der Waals surface area (Å²) in [5.74, 6) is 5.66. The molecule has 2 aromatic heterocycles. The van der Waals surface area contributed by atoms with E-state index in [0.717, 1.165) is 17.3 Å². The van der Waals surface area contributed by atoms with Crippen molar-refractivity contribution in [3.05, 3.63) is 42.7 Å². The van der Waals surface area contributed by atoms with E-state index in [1.807, 2.05) is 11.3 Å². The lowest BCUT2D eigenvalue weighted by Gasteiger charge is -2.13. The molecule has 5 heteroatoms. The molecule has 0 bridgehead atoms. The molecule has 92 valence electrons. The second-order valence-corrected chi connectivity index (χ2v) is 6.83. The number of hydrogen-bond acceptors (Lipinski definition) is 4. The highest BCUT2D eigenvalue weighted by molar-refractivity contribution is 9.10. The molecule has 0 aliphatic carbocycles. The first-order valence-electron chi connectivity index (χ1n) is 5.51. The minimum absolute atomic E-state index is 0.188. The smallest absolute Gasteiger partial charge is 0.0612 e. The minimum Gasteiger partial charge on any atom is -0.271 e. The van der Waals surface area contributed by atoms with Gasteiger partial charge in [-0.1, -0.05) is 6.92 Å². The number of hydrazine groups is 1. The number of rotatable bonds is 5. The molecule has 1 unspecified atom stereocenters. The average molecular weight is 331 g/mol. The fraction of sp³-hybridized carbons (Fsp3) is 0.333. The Hall–Kier alpha value is -0.200. The standard InChI is InChI=1S/C12H15BrN2S2/c1-2-8-3-4-9(17-8)7-11(15-14)12-10(13)5-6-16-12/h3-6,11,15H,2,7,14H2,1H3. The van der Waals surface area contributed by atoms with Crippen LogP contribution in [0.4, 0.5) is 0 Å². The summed E-state index contributed by atoms with van der Waals surface area (Å²) in [7, 11) is 0. The molecule has 2 rings (SSSR count). The van der Waals surface area contributed by atoms with E-state index in [2.05, 4.69) is 51.9 Å². The normalized spacial score (nSPS) is 12.9. The van der Waals surface area contributed by atoms with Crippen molar-refractivity contribution in [2.75, 3.05) is 0 Å². The molecule has 0 amide bonds. The molecular formula is C12H15BrN2S2. The van der Waals surface area contributed by atoms with Gasteiger partial charge in [0.2, 0.25) is 0 Å². The van der Waals surface area contributed by atoms with Crippen LogP contribution in [0.5, 0.6) is 0 Å². The molecule has 17 heavy (non-hydrogen) atoms. The molecule has 1 atom stereocenters. The summed E-state index contributed by atoms with van der Waals surface area (Å²) in [6.45, 7) is 2.18. The van der Waals surface area contributed by atoms with Crippen LogP contribution in [0.2, 0.25) is 0 Å². The Labute approximate surface area is 118 Å². The Morgan fingerprint density at radius 1 is 1.35 bits per heavy atom. The third-order valence-electron chi connectivity index (χ3n) is 2.63. The second-order valence-electron chi connectivity index (χ2n) is 3.78. The fourth-order valence-electron chi connectivity index (χ4n) is 1.70. The van der Waals surface area contributed by atoms with Gasteiger partial charge in [-0.25, -0.2) is 0 Å². The van der Waals surface area contributed by atoms with Crippen LogP contribution < -0.4 is 11.3 Å². The van der Waals surface area contributed by atoms with E-state index >= 15 is 0 Å². The number of nitrogens with two attached hydrogens (primary N) is 1. The zero-order chi connectivity index (χ0) is 12.3. The lowest BCUT2D eigenvalue weighted by molar-refractivity contribution is 0.563. The van der Waals surface area contributed by atoms with Gasteiger partial charge in [-0.15, -0.1) is 22.7 Å². The molecule has 0 aromatic carbocycles. The van der Waals surface area contributed by atoms with Crippen molar-refractivity contribution >= 4 is 38.6 Å². The van der Waals surface area contributed by atoms with Gasteiger partial charge in [-0.05, 0) is 45.9 Å². The van der Waals surface area contributed by atoms with E-state index in [4.69, 9.17) is 5.84 Å². The Morgan fingerprint density at radius 2 is 2.12 bits per heavy atom. The number of aryl methyl sites for hydroxylation is 1. The van der Waals surface area contributed by atoms with Crippen LogP contribution in [0.15, 0.2) is 28.1 Å². The van der Waals surface area contributed by atoms with Crippen LogP contribution in [-0.2, 0) is 12.8 Å². The summed E-state index contributed by atoms with van der Waals surface area (Å²) in [5, 5.41) is 2.08. The van der Waals surface area contributed by atoms with Crippen molar-refractivity contribution in [2.24, 2.45) is 5.84 Å². The van der Waals surface area contributed by atoms with Gasteiger partial charge >= 0.3 is 0 Å². The Kier molecular flexibility index (Phi) is 4.76. The van der Waals surface area contributed by atoms with E-state index in [9.17, 15) is 0 Å². The number of nitrogens with one attached hydrogen (secondary N) is 1. The van der Waals surface area contributed by atoms with E-state index in [-0.39, 0.29) is 6.04 Å². The van der Waals surface area contributed by atoms with E-state index in [0.29, 0.717) is 0 Å². The Bertz CT molecular complexity index is 478. The summed E-state index contributed by atoms with van der Waals surface area (Å²) in [6, 6.07) is 6.66. The lowest BCUT2D eigenvalue weighted by atomic mass is 10.1. The molecule has 2 heterocycles. The Morgan fingerprint density at radius 3 is 2.65 bits per heavy atom. The molecule has 0 saturated carbocycles. The summed E-state index contributed by atoms with van der Waals surface area (Å²) < 4.78 is 1.14. The summed E-state index contributed by atoms with van der Waals surface area (Å²) in [6.07, 6.45) is 2.05. The van der Waals surface area contributed by atoms with Crippen molar-refractivity contribution in [1.82, 2.24) is 5.43 Å². The van der Waals surface area contributed by atoms with Gasteiger partial charge in [0.15, 0.2) is 0 Å². The highest BCUT2D eigenvalue weighted by Gasteiger charge is 2.16. The van der Waals surface area contributed by atoms with Crippen molar-refractivity contribution in [3.8, 4) is 0 Å². The largest absolute Gasteiger partial charge is 0.271 e. The SMILES string of the molecule is CCc1ccc(CC(NN)c2sccc2Br)s1. The van der Waals surface area contributed by atoms with Gasteiger partial charge in [0.1, 0.15) is 0 Å². The van der Waals surface area contributed by atoms with Gasteiger partial charge in [0, 0.05) is 25.5 Å². The van der Waals surface area contributed by atoms with E-state index in [1.54, 1.807) is 11.3 Å². The number of hydrogen-bond donors (Lipinski definition) is 2. The molecule has 2 nitrogen and oxygen atoms in total. The lowest BCUT2D eigenvalue weighted by Crippen LogP contribution is -2.28. The fourth-order valence-corrected chi connectivity index (χ4v) is 4.42. The average Bonchev–Trinajstić information content (AvgIpc) is 2.95. The van der Waals surface area contributed by atoms with Gasteiger partial charge in [0.05, 0.1) is 6.04 Å². The van der Waals surface area contributed by atoms with Crippen LogP contribution in [0.25, 0.3) is 0 Å². The third-order valence-corrected chi connectivity index (χ3v) is 5.87. The topological polar surface area (TPSA) is 38.0 Å². The predicted octanol–water partition coefficient (Wildman–Crippen LogP) is 3.88. The Balaban J connectivity index is 2.12. The van der Waals surface area contributed by atoms with Crippen LogP contribution >= 0.6 is 38.6 Å². The number of thiophene rings is 2. The van der Waals surface area contributed by atoms with E-state index in [1.165, 1.54) is 14.6 Å². The maximum absolute atomic E-state index is 5.66. The first-order chi connectivity index (χ1) is 8.24. The zero-order valence-corrected chi connectivity index (χ0v) is 12.8. The highest BCUT2D eigenvalue weighted by Crippen LogP contribution is 2.32. The molecule has 3 N–H and O–H groups in total. The third kappa shape index (κ3) is 3.17. The molecule has 0 fully saturated rings. The van der Waals surface area contributed by atoms with E-state index < -0.39 is 0 Å². The first-order valence-corrected chi connectivity index (χ1v) is 8.00. The molecular weight excluding hydrogens is 316 g/mol. The van der Waals surface area contributed by atoms with Crippen molar-refractivity contribution < 1.29 is 0 Å². The van der Waals surface area contributed by atoms with Crippen LogP contribution in [0.3, 0.4) is 0 Å². The minimum atomic E-state index is 0.188. The monoisotopic (exact) mass is 330 g/mol. The molecule has 0 spiro atoms.